The topological polar surface area (TPSA) is 152 Å². The molecule has 0 radical (unpaired) electrons. The molecule has 2 bridgehead atoms. The highest BCUT2D eigenvalue weighted by molar-refractivity contribution is 7.89. The van der Waals surface area contributed by atoms with Gasteiger partial charge in [0.2, 0.25) is 10.0 Å². The molecule has 1 saturated carbocycles. The first-order chi connectivity index (χ1) is 23.2. The Kier molecular flexibility index (Phi) is 10.3. The zero-order chi connectivity index (χ0) is 34.9. The van der Waals surface area contributed by atoms with Crippen molar-refractivity contribution in [3.63, 3.8) is 0 Å². The van der Waals surface area contributed by atoms with Crippen LogP contribution in [0.5, 0.6) is 0 Å². The third kappa shape index (κ3) is 8.94. The number of carbonyl (C=O) groups excluding carboxylic acids is 1. The number of alkyl carbamates (subject to hydrolysis) is 1. The fourth-order valence-electron chi connectivity index (χ4n) is 5.97. The van der Waals surface area contributed by atoms with E-state index in [4.69, 9.17) is 18.6 Å². The van der Waals surface area contributed by atoms with E-state index in [2.05, 4.69) is 15.6 Å². The van der Waals surface area contributed by atoms with Gasteiger partial charge in [0, 0.05) is 31.1 Å². The molecular formula is C34H42F2N4O8S. The lowest BCUT2D eigenvalue weighted by Gasteiger charge is -2.32. The van der Waals surface area contributed by atoms with E-state index in [9.17, 15) is 22.7 Å². The minimum absolute atomic E-state index is 0.00244. The van der Waals surface area contributed by atoms with Crippen molar-refractivity contribution in [3.05, 3.63) is 65.5 Å². The van der Waals surface area contributed by atoms with E-state index in [1.54, 1.807) is 0 Å². The van der Waals surface area contributed by atoms with Gasteiger partial charge in [0.05, 0.1) is 30.3 Å². The van der Waals surface area contributed by atoms with Crippen molar-refractivity contribution in [2.24, 2.45) is 5.92 Å². The van der Waals surface area contributed by atoms with Crippen molar-refractivity contribution in [2.45, 2.75) is 87.6 Å². The normalized spacial score (nSPS) is 22.7. The molecule has 3 aromatic rings. The molecular weight excluding hydrogens is 662 g/mol. The molecule has 12 nitrogen and oxygen atoms in total. The van der Waals surface area contributed by atoms with Crippen LogP contribution in [0.15, 0.2) is 63.4 Å². The van der Waals surface area contributed by atoms with Crippen LogP contribution in [0.1, 0.15) is 45.6 Å². The summed E-state index contributed by atoms with van der Waals surface area (Å²) < 4.78 is 80.6. The summed E-state index contributed by atoms with van der Waals surface area (Å²) >= 11 is 0. The van der Waals surface area contributed by atoms with Crippen LogP contribution in [0, 0.1) is 11.7 Å². The SMILES string of the molecule is C[C@H]1C2=C[C@H](OC(=O)N[C@@H](Cc3ccc(F)cc3)[C@H](O)CN(CC(C)(C)F)S(=O)(=O)c3ccc4nc(NC5CC5)oc4c3)CO[C@@H]1OCC2. The number of carbonyl (C=O) groups is 1. The monoisotopic (exact) mass is 704 g/mol. The number of hydrogen-bond acceptors (Lipinski definition) is 10. The van der Waals surface area contributed by atoms with E-state index in [-0.39, 0.29) is 41.5 Å². The van der Waals surface area contributed by atoms with Crippen molar-refractivity contribution in [3.8, 4) is 0 Å². The minimum atomic E-state index is -4.41. The number of amides is 1. The maximum Gasteiger partial charge on any atom is 0.408 e. The summed E-state index contributed by atoms with van der Waals surface area (Å²) in [5.41, 5.74) is 0.280. The van der Waals surface area contributed by atoms with Crippen LogP contribution in [0.4, 0.5) is 19.6 Å². The second-order valence-electron chi connectivity index (χ2n) is 13.5. The first-order valence-corrected chi connectivity index (χ1v) is 17.9. The number of hydrogen-bond donors (Lipinski definition) is 3. The Morgan fingerprint density at radius 2 is 1.94 bits per heavy atom. The van der Waals surface area contributed by atoms with Gasteiger partial charge >= 0.3 is 6.09 Å². The highest BCUT2D eigenvalue weighted by Crippen LogP contribution is 2.31. The summed E-state index contributed by atoms with van der Waals surface area (Å²) in [6.45, 7) is 3.79. The molecule has 2 aliphatic heterocycles. The molecule has 49 heavy (non-hydrogen) atoms. The zero-order valence-electron chi connectivity index (χ0n) is 27.6. The lowest BCUT2D eigenvalue weighted by atomic mass is 9.95. The molecule has 2 fully saturated rings. The summed E-state index contributed by atoms with van der Waals surface area (Å²) in [7, 11) is -4.41. The van der Waals surface area contributed by atoms with Crippen LogP contribution in [0.3, 0.4) is 0 Å². The maximum absolute atomic E-state index is 15.2. The molecule has 3 aliphatic rings. The van der Waals surface area contributed by atoms with Crippen molar-refractivity contribution in [1.29, 1.82) is 0 Å². The van der Waals surface area contributed by atoms with Gasteiger partial charge < -0.3 is 34.4 Å². The predicted octanol–water partition coefficient (Wildman–Crippen LogP) is 4.69. The molecule has 5 atom stereocenters. The van der Waals surface area contributed by atoms with E-state index >= 15 is 4.39 Å². The number of halogens is 2. The third-order valence-corrected chi connectivity index (χ3v) is 10.5. The standard InChI is InChI=1S/C34H42F2N4O8S/c1-20-22-12-13-45-31(20)46-18-25(15-22)47-33(42)39-28(14-21-4-6-23(35)7-5-21)29(41)17-40(19-34(2,3)36)49(43,44)26-10-11-27-30(16-26)48-32(38-27)37-24-8-9-24/h4-7,10-11,15-16,20,24-25,28-29,31,41H,8-9,12-14,17-19H2,1-3H3,(H,37,38)(H,39,42)/t20-,25-,28-,29+,31-/m0/s1. The van der Waals surface area contributed by atoms with Gasteiger partial charge in [0.15, 0.2) is 11.9 Å². The number of nitrogens with one attached hydrogen (secondary N) is 2. The molecule has 1 aromatic heterocycles. The van der Waals surface area contributed by atoms with Crippen molar-refractivity contribution < 1.29 is 45.7 Å². The van der Waals surface area contributed by atoms with E-state index < -0.39 is 65.2 Å². The Hall–Kier alpha value is -3.63. The average Bonchev–Trinajstić information content (AvgIpc) is 3.76. The fraction of sp³-hybridized carbons (Fsp3) is 0.529. The predicted molar refractivity (Wildman–Crippen MR) is 175 cm³/mol. The molecule has 3 heterocycles. The van der Waals surface area contributed by atoms with Crippen molar-refractivity contribution in [1.82, 2.24) is 14.6 Å². The Morgan fingerprint density at radius 3 is 2.65 bits per heavy atom. The number of aromatic nitrogens is 1. The van der Waals surface area contributed by atoms with Crippen LogP contribution in [0.2, 0.25) is 0 Å². The number of fused-ring (bicyclic) bond motifs is 3. The van der Waals surface area contributed by atoms with E-state index in [0.29, 0.717) is 24.1 Å². The largest absolute Gasteiger partial charge is 0.440 e. The van der Waals surface area contributed by atoms with E-state index in [1.807, 2.05) is 13.0 Å². The number of nitrogens with zero attached hydrogens (tertiary/aromatic N) is 2. The minimum Gasteiger partial charge on any atom is -0.440 e. The van der Waals surface area contributed by atoms with Gasteiger partial charge in [-0.05, 0) is 75.4 Å². The van der Waals surface area contributed by atoms with Crippen molar-refractivity contribution >= 4 is 33.2 Å². The lowest BCUT2D eigenvalue weighted by Crippen LogP contribution is -2.52. The molecule has 0 unspecified atom stereocenters. The second-order valence-corrected chi connectivity index (χ2v) is 15.5. The molecule has 0 spiro atoms. The van der Waals surface area contributed by atoms with Gasteiger partial charge in [-0.15, -0.1) is 0 Å². The molecule has 2 aromatic carbocycles. The van der Waals surface area contributed by atoms with Crippen molar-refractivity contribution in [2.75, 3.05) is 31.6 Å². The third-order valence-electron chi connectivity index (χ3n) is 8.73. The molecule has 6 rings (SSSR count). The van der Waals surface area contributed by atoms with Gasteiger partial charge in [-0.1, -0.05) is 24.6 Å². The highest BCUT2D eigenvalue weighted by atomic mass is 32.2. The van der Waals surface area contributed by atoms with Crippen LogP contribution in [-0.2, 0) is 30.7 Å². The number of alkyl halides is 1. The maximum atomic E-state index is 15.2. The molecule has 266 valence electrons. The molecule has 1 amide bonds. The number of oxazole rings is 1. The summed E-state index contributed by atoms with van der Waals surface area (Å²) in [5.74, 6) is -0.475. The number of benzene rings is 2. The summed E-state index contributed by atoms with van der Waals surface area (Å²) in [6, 6.07) is 9.05. The summed E-state index contributed by atoms with van der Waals surface area (Å²) in [6.07, 6.45) is 0.878. The Balaban J connectivity index is 1.22. The highest BCUT2D eigenvalue weighted by Gasteiger charge is 2.36. The van der Waals surface area contributed by atoms with Gasteiger partial charge in [-0.25, -0.2) is 22.0 Å². The Bertz CT molecular complexity index is 1770. The number of aliphatic hydroxyl groups excluding tert-OH is 1. The van der Waals surface area contributed by atoms with Gasteiger partial charge in [0.1, 0.15) is 23.1 Å². The van der Waals surface area contributed by atoms with Gasteiger partial charge in [-0.2, -0.15) is 9.29 Å². The van der Waals surface area contributed by atoms with Crippen LogP contribution in [-0.4, -0.2) is 91.5 Å². The molecule has 1 saturated heterocycles. The van der Waals surface area contributed by atoms with E-state index in [1.165, 1.54) is 56.3 Å². The first-order valence-electron chi connectivity index (χ1n) is 16.4. The number of rotatable bonds is 13. The Morgan fingerprint density at radius 1 is 1.18 bits per heavy atom. The summed E-state index contributed by atoms with van der Waals surface area (Å²) in [5, 5.41) is 17.4. The number of anilines is 1. The van der Waals surface area contributed by atoms with E-state index in [0.717, 1.165) is 22.7 Å². The second kappa shape index (κ2) is 14.3. The molecule has 3 N–H and O–H groups in total. The van der Waals surface area contributed by atoms with Crippen LogP contribution >= 0.6 is 0 Å². The molecule has 15 heteroatoms. The number of ether oxygens (including phenoxy) is 3. The summed E-state index contributed by atoms with van der Waals surface area (Å²) in [4.78, 5) is 17.4. The smallest absolute Gasteiger partial charge is 0.408 e. The molecule has 1 aliphatic carbocycles. The first kappa shape index (κ1) is 35.2. The Labute approximate surface area is 283 Å². The van der Waals surface area contributed by atoms with Gasteiger partial charge in [-0.3, -0.25) is 0 Å². The zero-order valence-corrected chi connectivity index (χ0v) is 28.4. The van der Waals surface area contributed by atoms with Crippen LogP contribution in [0.25, 0.3) is 11.1 Å². The van der Waals surface area contributed by atoms with Gasteiger partial charge in [0.25, 0.3) is 6.01 Å². The van der Waals surface area contributed by atoms with Crippen LogP contribution < -0.4 is 10.6 Å². The fourth-order valence-corrected chi connectivity index (χ4v) is 7.59. The average molecular weight is 705 g/mol. The number of aliphatic hydroxyl groups is 1. The number of sulfonamides is 1. The quantitative estimate of drug-likeness (QED) is 0.214. The lowest BCUT2D eigenvalue weighted by molar-refractivity contribution is -0.178.